The highest BCUT2D eigenvalue weighted by Crippen LogP contribution is 2.42. The quantitative estimate of drug-likeness (QED) is 0.243. The van der Waals surface area contributed by atoms with Crippen LogP contribution in [0.5, 0.6) is 0 Å². The molecule has 12 heteroatoms. The molecule has 5 N–H and O–H groups in total. The number of aliphatic hydroxyl groups is 1. The SMILES string of the molecule is COCC[C@H]1[C@H]([SH]=P(O)(O)O)[C@@H](CO)O[C@H]1n1cc(C)c(=O)[nH]c1=O. The van der Waals surface area contributed by atoms with Crippen LogP contribution in [-0.4, -0.2) is 61.0 Å². The molecule has 0 amide bonds. The molecule has 1 aromatic rings. The van der Waals surface area contributed by atoms with Gasteiger partial charge in [-0.25, -0.2) is 4.79 Å². The summed E-state index contributed by atoms with van der Waals surface area (Å²) in [6.07, 6.45) is 0.0938. The molecule has 0 unspecified atom stereocenters. The zero-order valence-electron chi connectivity index (χ0n) is 13.8. The molecular weight excluding hydrogens is 375 g/mol. The second-order valence-corrected chi connectivity index (χ2v) is 10.0. The predicted octanol–water partition coefficient (Wildman–Crippen LogP) is -1.77. The summed E-state index contributed by atoms with van der Waals surface area (Å²) in [6, 6.07) is 0. The Hall–Kier alpha value is -0.780. The first-order valence-corrected chi connectivity index (χ1v) is 10.9. The van der Waals surface area contributed by atoms with Gasteiger partial charge in [0, 0.05) is 36.6 Å². The number of thiol groups is 1. The molecule has 25 heavy (non-hydrogen) atoms. The summed E-state index contributed by atoms with van der Waals surface area (Å²) in [5.41, 5.74) is -0.870. The Kier molecular flexibility index (Phi) is 6.80. The number of nitrogens with zero attached hydrogens (tertiary/aromatic N) is 1. The topological polar surface area (TPSA) is 154 Å². The van der Waals surface area contributed by atoms with E-state index in [0.717, 1.165) is 0 Å². The average molecular weight is 398 g/mol. The van der Waals surface area contributed by atoms with E-state index in [4.69, 9.17) is 9.47 Å². The van der Waals surface area contributed by atoms with Crippen molar-refractivity contribution in [2.75, 3.05) is 20.3 Å². The van der Waals surface area contributed by atoms with Gasteiger partial charge in [-0.1, -0.05) is 0 Å². The minimum absolute atomic E-state index is 0.0682. The zero-order chi connectivity index (χ0) is 18.8. The summed E-state index contributed by atoms with van der Waals surface area (Å²) in [6.45, 7) is -2.71. The van der Waals surface area contributed by atoms with E-state index in [1.807, 2.05) is 0 Å². The van der Waals surface area contributed by atoms with Gasteiger partial charge in [-0.05, 0) is 13.3 Å². The standard InChI is InChI=1S/C13H23N2O8PS/c1-7-5-15(13(18)14-11(7)17)12-8(3-4-22-2)10(9(6-16)23-12)25-24(19,20)21/h5,8-10,12,16,19-21,25H,3-4,6H2,1-2H3,(H,14,17,18)/t8-,9+,10-,12+/m0/s1. The number of aromatic amines is 1. The van der Waals surface area contributed by atoms with Crippen LogP contribution in [0.3, 0.4) is 0 Å². The van der Waals surface area contributed by atoms with E-state index in [0.29, 0.717) is 18.6 Å². The summed E-state index contributed by atoms with van der Waals surface area (Å²) in [4.78, 5) is 54.3. The molecule has 4 atom stereocenters. The Morgan fingerprint density at radius 1 is 1.40 bits per heavy atom. The average Bonchev–Trinajstić information content (AvgIpc) is 2.84. The van der Waals surface area contributed by atoms with Crippen molar-refractivity contribution in [1.29, 1.82) is 0 Å². The number of aryl methyl sites for hydroxylation is 1. The van der Waals surface area contributed by atoms with Crippen LogP contribution in [0.2, 0.25) is 0 Å². The fraction of sp³-hybridized carbons (Fsp3) is 0.692. The third-order valence-electron chi connectivity index (χ3n) is 4.04. The molecule has 2 heterocycles. The van der Waals surface area contributed by atoms with Crippen LogP contribution in [-0.2, 0) is 20.4 Å². The Morgan fingerprint density at radius 3 is 2.64 bits per heavy atom. The monoisotopic (exact) mass is 398 g/mol. The van der Waals surface area contributed by atoms with Crippen LogP contribution in [0.1, 0.15) is 18.2 Å². The molecule has 2 rings (SSSR count). The lowest BCUT2D eigenvalue weighted by atomic mass is 9.99. The van der Waals surface area contributed by atoms with Crippen molar-refractivity contribution in [2.24, 2.45) is 5.92 Å². The van der Waals surface area contributed by atoms with E-state index in [1.165, 1.54) is 17.9 Å². The third kappa shape index (κ3) is 4.89. The fourth-order valence-corrected chi connectivity index (χ4v) is 6.08. The molecule has 144 valence electrons. The number of ether oxygens (including phenoxy) is 2. The van der Waals surface area contributed by atoms with Crippen LogP contribution in [0.25, 0.3) is 0 Å². The molecule has 1 aromatic heterocycles. The highest BCUT2D eigenvalue weighted by molar-refractivity contribution is 8.16. The van der Waals surface area contributed by atoms with Crippen molar-refractivity contribution in [3.05, 3.63) is 32.6 Å². The van der Waals surface area contributed by atoms with Gasteiger partial charge in [-0.2, -0.15) is 0 Å². The molecule has 1 fully saturated rings. The van der Waals surface area contributed by atoms with Gasteiger partial charge in [-0.3, -0.25) is 14.3 Å². The number of hydrogen-bond acceptors (Lipinski definition) is 5. The van der Waals surface area contributed by atoms with Crippen molar-refractivity contribution in [3.8, 4) is 0 Å². The maximum atomic E-state index is 12.2. The molecule has 0 bridgehead atoms. The van der Waals surface area contributed by atoms with Crippen molar-refractivity contribution in [1.82, 2.24) is 9.55 Å². The van der Waals surface area contributed by atoms with Gasteiger partial charge < -0.3 is 29.3 Å². The molecule has 1 aliphatic heterocycles. The van der Waals surface area contributed by atoms with Crippen LogP contribution in [0, 0.1) is 12.8 Å². The molecule has 0 aromatic carbocycles. The van der Waals surface area contributed by atoms with E-state index in [9.17, 15) is 29.4 Å². The molecule has 0 saturated carbocycles. The van der Waals surface area contributed by atoms with Gasteiger partial charge >= 0.3 is 5.69 Å². The number of aromatic nitrogens is 2. The minimum Gasteiger partial charge on any atom is -0.394 e. The first-order chi connectivity index (χ1) is 11.7. The number of aliphatic hydroxyl groups excluding tert-OH is 1. The van der Waals surface area contributed by atoms with Crippen LogP contribution < -0.4 is 11.2 Å². The van der Waals surface area contributed by atoms with E-state index < -0.39 is 48.1 Å². The van der Waals surface area contributed by atoms with Crippen molar-refractivity contribution in [3.63, 3.8) is 0 Å². The lowest BCUT2D eigenvalue weighted by Crippen LogP contribution is -2.36. The number of rotatable bonds is 6. The van der Waals surface area contributed by atoms with Crippen molar-refractivity contribution < 1.29 is 29.3 Å². The van der Waals surface area contributed by atoms with E-state index in [-0.39, 0.29) is 10.9 Å². The van der Waals surface area contributed by atoms with Gasteiger partial charge in [0.2, 0.25) is 0 Å². The lowest BCUT2D eigenvalue weighted by molar-refractivity contribution is -0.0377. The second-order valence-electron chi connectivity index (χ2n) is 5.81. The maximum absolute atomic E-state index is 12.2. The maximum Gasteiger partial charge on any atom is 0.330 e. The molecule has 0 radical (unpaired) electrons. The number of methoxy groups -OCH3 is 1. The second kappa shape index (κ2) is 8.28. The first kappa shape index (κ1) is 20.5. The van der Waals surface area contributed by atoms with E-state index >= 15 is 0 Å². The van der Waals surface area contributed by atoms with Gasteiger partial charge in [0.1, 0.15) is 6.23 Å². The largest absolute Gasteiger partial charge is 0.394 e. The molecule has 10 nitrogen and oxygen atoms in total. The summed E-state index contributed by atoms with van der Waals surface area (Å²) in [7, 11) is 1.43. The Morgan fingerprint density at radius 2 is 2.08 bits per heavy atom. The van der Waals surface area contributed by atoms with Crippen LogP contribution >= 0.6 is 6.72 Å². The summed E-state index contributed by atoms with van der Waals surface area (Å²) >= 11 is 0. The van der Waals surface area contributed by atoms with Gasteiger partial charge in [-0.15, -0.1) is 10.9 Å². The minimum atomic E-state index is -4.14. The Balaban J connectivity index is 2.51. The van der Waals surface area contributed by atoms with Gasteiger partial charge in [0.05, 0.1) is 12.7 Å². The summed E-state index contributed by atoms with van der Waals surface area (Å²) in [5, 5.41) is 8.94. The normalized spacial score (nSPS) is 27.0. The number of H-pyrrole nitrogens is 1. The zero-order valence-corrected chi connectivity index (χ0v) is 15.6. The Bertz CT molecular complexity index is 764. The predicted molar refractivity (Wildman–Crippen MR) is 93.2 cm³/mol. The fourth-order valence-electron chi connectivity index (χ4n) is 2.91. The molecule has 0 aliphatic carbocycles. The van der Waals surface area contributed by atoms with Gasteiger partial charge in [0.15, 0.2) is 0 Å². The van der Waals surface area contributed by atoms with E-state index in [2.05, 4.69) is 4.98 Å². The van der Waals surface area contributed by atoms with Crippen molar-refractivity contribution >= 4 is 17.7 Å². The van der Waals surface area contributed by atoms with Crippen LogP contribution in [0.4, 0.5) is 0 Å². The smallest absolute Gasteiger partial charge is 0.330 e. The molecule has 0 spiro atoms. The van der Waals surface area contributed by atoms with Crippen molar-refractivity contribution in [2.45, 2.75) is 30.9 Å². The highest BCUT2D eigenvalue weighted by atomic mass is 32.5. The lowest BCUT2D eigenvalue weighted by Gasteiger charge is -2.23. The summed E-state index contributed by atoms with van der Waals surface area (Å²) < 4.78 is 12.0. The third-order valence-corrected chi connectivity index (χ3v) is 7.07. The summed E-state index contributed by atoms with van der Waals surface area (Å²) in [5.74, 6) is -0.451. The molecule has 1 aliphatic rings. The highest BCUT2D eigenvalue weighted by Gasteiger charge is 2.45. The first-order valence-electron chi connectivity index (χ1n) is 7.55. The molecular formula is C13H23N2O8PS. The van der Waals surface area contributed by atoms with Gasteiger partial charge in [0.25, 0.3) is 12.3 Å². The number of nitrogens with one attached hydrogen (secondary N) is 1. The number of hydrogen-bond donors (Lipinski definition) is 6. The van der Waals surface area contributed by atoms with Crippen LogP contribution in [0.15, 0.2) is 15.8 Å². The molecule has 1 saturated heterocycles. The Labute approximate surface area is 146 Å². The van der Waals surface area contributed by atoms with E-state index in [1.54, 1.807) is 6.92 Å².